The molecule has 1 heterocycles. The fourth-order valence-corrected chi connectivity index (χ4v) is 2.40. The smallest absolute Gasteiger partial charge is 0.239 e. The van der Waals surface area contributed by atoms with Crippen LogP contribution in [0.4, 0.5) is 5.69 Å². The number of ether oxygens (including phenoxy) is 2. The Morgan fingerprint density at radius 3 is 2.71 bits per heavy atom. The van der Waals surface area contributed by atoms with Gasteiger partial charge >= 0.3 is 0 Å². The first kappa shape index (κ1) is 15.7. The van der Waals surface area contributed by atoms with Gasteiger partial charge in [-0.2, -0.15) is 5.26 Å². The van der Waals surface area contributed by atoms with E-state index in [-0.39, 0.29) is 25.3 Å². The first-order valence-corrected chi connectivity index (χ1v) is 7.58. The SMILES string of the molecule is CC(NC(=O)CNc1ccc(C#N)cc1)c1ccc2c(c1)OCO2. The first-order valence-electron chi connectivity index (χ1n) is 7.58. The van der Waals surface area contributed by atoms with E-state index >= 15 is 0 Å². The van der Waals surface area contributed by atoms with Gasteiger partial charge in [-0.25, -0.2) is 0 Å². The van der Waals surface area contributed by atoms with E-state index in [0.717, 1.165) is 17.0 Å². The molecular weight excluding hydrogens is 306 g/mol. The number of nitrogens with zero attached hydrogens (tertiary/aromatic N) is 1. The molecule has 0 saturated heterocycles. The summed E-state index contributed by atoms with van der Waals surface area (Å²) in [4.78, 5) is 12.1. The summed E-state index contributed by atoms with van der Waals surface area (Å²) in [5, 5.41) is 14.7. The maximum absolute atomic E-state index is 12.1. The van der Waals surface area contributed by atoms with Gasteiger partial charge in [-0.3, -0.25) is 4.79 Å². The van der Waals surface area contributed by atoms with Crippen molar-refractivity contribution in [3.05, 3.63) is 53.6 Å². The second-order valence-corrected chi connectivity index (χ2v) is 5.44. The fourth-order valence-electron chi connectivity index (χ4n) is 2.40. The lowest BCUT2D eigenvalue weighted by atomic mass is 10.1. The van der Waals surface area contributed by atoms with Gasteiger partial charge in [-0.1, -0.05) is 6.07 Å². The summed E-state index contributed by atoms with van der Waals surface area (Å²) in [6, 6.07) is 14.5. The zero-order valence-electron chi connectivity index (χ0n) is 13.2. The van der Waals surface area contributed by atoms with Crippen LogP contribution in [0, 0.1) is 11.3 Å². The van der Waals surface area contributed by atoms with Crippen LogP contribution in [0.3, 0.4) is 0 Å². The fraction of sp³-hybridized carbons (Fsp3) is 0.222. The van der Waals surface area contributed by atoms with Crippen LogP contribution in [0.1, 0.15) is 24.1 Å². The normalized spacial score (nSPS) is 13.0. The molecule has 1 atom stereocenters. The number of carbonyl (C=O) groups is 1. The molecule has 122 valence electrons. The van der Waals surface area contributed by atoms with E-state index in [2.05, 4.69) is 16.7 Å². The Morgan fingerprint density at radius 1 is 1.21 bits per heavy atom. The third kappa shape index (κ3) is 3.58. The van der Waals surface area contributed by atoms with Crippen molar-refractivity contribution >= 4 is 11.6 Å². The summed E-state index contributed by atoms with van der Waals surface area (Å²) in [6.45, 7) is 2.30. The highest BCUT2D eigenvalue weighted by atomic mass is 16.7. The zero-order chi connectivity index (χ0) is 16.9. The summed E-state index contributed by atoms with van der Waals surface area (Å²) < 4.78 is 10.6. The van der Waals surface area contributed by atoms with Gasteiger partial charge in [0.2, 0.25) is 12.7 Å². The zero-order valence-corrected chi connectivity index (χ0v) is 13.2. The van der Waals surface area contributed by atoms with Gasteiger partial charge in [0.15, 0.2) is 11.5 Å². The highest BCUT2D eigenvalue weighted by Crippen LogP contribution is 2.34. The number of nitrogens with one attached hydrogen (secondary N) is 2. The molecule has 0 spiro atoms. The van der Waals surface area contributed by atoms with Gasteiger partial charge in [0, 0.05) is 5.69 Å². The molecule has 2 N–H and O–H groups in total. The maximum atomic E-state index is 12.1. The Hall–Kier alpha value is -3.20. The molecule has 24 heavy (non-hydrogen) atoms. The minimum absolute atomic E-state index is 0.121. The second kappa shape index (κ2) is 6.92. The topological polar surface area (TPSA) is 83.4 Å². The molecule has 2 aromatic rings. The average Bonchev–Trinajstić information content (AvgIpc) is 3.08. The summed E-state index contributed by atoms with van der Waals surface area (Å²) in [6.07, 6.45) is 0. The number of rotatable bonds is 5. The van der Waals surface area contributed by atoms with Crippen molar-refractivity contribution in [2.45, 2.75) is 13.0 Å². The lowest BCUT2D eigenvalue weighted by molar-refractivity contribution is -0.120. The van der Waals surface area contributed by atoms with Crippen LogP contribution in [-0.4, -0.2) is 19.2 Å². The molecule has 1 unspecified atom stereocenters. The van der Waals surface area contributed by atoms with E-state index in [4.69, 9.17) is 14.7 Å². The van der Waals surface area contributed by atoms with Crippen molar-refractivity contribution in [2.24, 2.45) is 0 Å². The van der Waals surface area contributed by atoms with Crippen molar-refractivity contribution in [3.63, 3.8) is 0 Å². The monoisotopic (exact) mass is 323 g/mol. The number of amides is 1. The van der Waals surface area contributed by atoms with Gasteiger partial charge in [0.1, 0.15) is 0 Å². The average molecular weight is 323 g/mol. The number of carbonyl (C=O) groups excluding carboxylic acids is 1. The van der Waals surface area contributed by atoms with Gasteiger partial charge in [0.25, 0.3) is 0 Å². The first-order chi connectivity index (χ1) is 11.7. The quantitative estimate of drug-likeness (QED) is 0.883. The van der Waals surface area contributed by atoms with E-state index in [1.54, 1.807) is 24.3 Å². The number of anilines is 1. The number of hydrogen-bond acceptors (Lipinski definition) is 5. The Balaban J connectivity index is 1.53. The minimum atomic E-state index is -0.144. The Labute approximate surface area is 140 Å². The van der Waals surface area contributed by atoms with E-state index in [9.17, 15) is 4.79 Å². The molecule has 6 nitrogen and oxygen atoms in total. The Kier molecular flexibility index (Phi) is 4.52. The van der Waals surface area contributed by atoms with E-state index < -0.39 is 0 Å². The third-order valence-corrected chi connectivity index (χ3v) is 3.74. The standard InChI is InChI=1S/C18H17N3O3/c1-12(14-4-7-16-17(8-14)24-11-23-16)21-18(22)10-20-15-5-2-13(9-19)3-6-15/h2-8,12,20H,10-11H2,1H3,(H,21,22). The molecule has 3 rings (SSSR count). The van der Waals surface area contributed by atoms with Crippen molar-refractivity contribution in [1.82, 2.24) is 5.32 Å². The highest BCUT2D eigenvalue weighted by molar-refractivity contribution is 5.81. The minimum Gasteiger partial charge on any atom is -0.454 e. The lowest BCUT2D eigenvalue weighted by Crippen LogP contribution is -2.32. The van der Waals surface area contributed by atoms with Crippen LogP contribution in [0.25, 0.3) is 0 Å². The molecular formula is C18H17N3O3. The van der Waals surface area contributed by atoms with Crippen LogP contribution in [0.2, 0.25) is 0 Å². The van der Waals surface area contributed by atoms with Crippen LogP contribution in [0.15, 0.2) is 42.5 Å². The van der Waals surface area contributed by atoms with Crippen molar-refractivity contribution in [2.75, 3.05) is 18.7 Å². The van der Waals surface area contributed by atoms with Gasteiger partial charge in [-0.15, -0.1) is 0 Å². The van der Waals surface area contributed by atoms with Gasteiger partial charge < -0.3 is 20.1 Å². The van der Waals surface area contributed by atoms with E-state index in [1.165, 1.54) is 0 Å². The van der Waals surface area contributed by atoms with Crippen LogP contribution < -0.4 is 20.1 Å². The summed E-state index contributed by atoms with van der Waals surface area (Å²) in [7, 11) is 0. The second-order valence-electron chi connectivity index (χ2n) is 5.44. The molecule has 1 amide bonds. The third-order valence-electron chi connectivity index (χ3n) is 3.74. The molecule has 6 heteroatoms. The summed E-state index contributed by atoms with van der Waals surface area (Å²) in [5.74, 6) is 1.30. The van der Waals surface area contributed by atoms with Crippen molar-refractivity contribution in [1.29, 1.82) is 5.26 Å². The highest BCUT2D eigenvalue weighted by Gasteiger charge is 2.16. The van der Waals surface area contributed by atoms with Crippen molar-refractivity contribution in [3.8, 4) is 17.6 Å². The number of hydrogen-bond donors (Lipinski definition) is 2. The summed E-state index contributed by atoms with van der Waals surface area (Å²) >= 11 is 0. The van der Waals surface area contributed by atoms with Gasteiger partial charge in [-0.05, 0) is 48.9 Å². The predicted molar refractivity (Wildman–Crippen MR) is 88.8 cm³/mol. The van der Waals surface area contributed by atoms with Crippen LogP contribution >= 0.6 is 0 Å². The molecule has 0 aromatic heterocycles. The van der Waals surface area contributed by atoms with Crippen LogP contribution in [0.5, 0.6) is 11.5 Å². The molecule has 1 aliphatic rings. The molecule has 0 radical (unpaired) electrons. The van der Waals surface area contributed by atoms with Crippen LogP contribution in [-0.2, 0) is 4.79 Å². The maximum Gasteiger partial charge on any atom is 0.239 e. The number of benzene rings is 2. The molecule has 0 saturated carbocycles. The largest absolute Gasteiger partial charge is 0.454 e. The molecule has 0 aliphatic carbocycles. The van der Waals surface area contributed by atoms with Crippen molar-refractivity contribution < 1.29 is 14.3 Å². The number of fused-ring (bicyclic) bond motifs is 1. The van der Waals surface area contributed by atoms with E-state index in [0.29, 0.717) is 11.3 Å². The lowest BCUT2D eigenvalue weighted by Gasteiger charge is -2.15. The molecule has 1 aliphatic heterocycles. The van der Waals surface area contributed by atoms with E-state index in [1.807, 2.05) is 25.1 Å². The Bertz CT molecular complexity index is 781. The Morgan fingerprint density at radius 2 is 1.96 bits per heavy atom. The molecule has 0 fully saturated rings. The summed E-state index contributed by atoms with van der Waals surface area (Å²) in [5.41, 5.74) is 2.33. The van der Waals surface area contributed by atoms with Gasteiger partial charge in [0.05, 0.1) is 24.2 Å². The predicted octanol–water partition coefficient (Wildman–Crippen LogP) is 2.58. The molecule has 2 aromatic carbocycles. The number of nitriles is 1. The molecule has 0 bridgehead atoms.